The first kappa shape index (κ1) is 12.4. The van der Waals surface area contributed by atoms with Crippen LogP contribution in [0.2, 0.25) is 0 Å². The van der Waals surface area contributed by atoms with Gasteiger partial charge in [-0.15, -0.1) is 0 Å². The first-order valence-electron chi connectivity index (χ1n) is 4.93. The van der Waals surface area contributed by atoms with Crippen LogP contribution in [0.4, 0.5) is 10.5 Å². The van der Waals surface area contributed by atoms with E-state index in [2.05, 4.69) is 17.2 Å². The minimum atomic E-state index is -0.593. The molecular formula is C12H16NO3. The lowest BCUT2D eigenvalue weighted by molar-refractivity contribution is 0.131. The highest BCUT2D eigenvalue weighted by Gasteiger charge is 2.11. The molecular weight excluding hydrogens is 206 g/mol. The molecule has 1 aromatic rings. The Morgan fingerprint density at radius 2 is 1.81 bits per heavy atom. The van der Waals surface area contributed by atoms with Crippen LogP contribution < -0.4 is 10.1 Å². The Bertz CT molecular complexity index is 352. The van der Waals surface area contributed by atoms with E-state index in [1.165, 1.54) is 0 Å². The number of rotatable bonds is 2. The van der Waals surface area contributed by atoms with Crippen molar-refractivity contribution in [3.05, 3.63) is 31.4 Å². The fourth-order valence-electron chi connectivity index (χ4n) is 1.11. The second-order valence-corrected chi connectivity index (χ2v) is 4.30. The van der Waals surface area contributed by atoms with Crippen molar-refractivity contribution < 1.29 is 14.3 Å². The third kappa shape index (κ3) is 4.21. The van der Waals surface area contributed by atoms with Gasteiger partial charge in [0.2, 0.25) is 0 Å². The number of hydrogen-bond donors (Lipinski definition) is 1. The van der Waals surface area contributed by atoms with Gasteiger partial charge in [0.15, 0.2) is 0 Å². The molecule has 0 aliphatic carbocycles. The summed E-state index contributed by atoms with van der Waals surface area (Å²) in [6.07, 6.45) is -0.593. The van der Waals surface area contributed by atoms with E-state index in [4.69, 9.17) is 4.74 Å². The van der Waals surface area contributed by atoms with Crippen LogP contribution >= 0.6 is 0 Å². The molecule has 1 rings (SSSR count). The van der Waals surface area contributed by atoms with Crippen molar-refractivity contribution in [2.75, 3.05) is 5.32 Å². The number of carbonyl (C=O) groups is 1. The summed E-state index contributed by atoms with van der Waals surface area (Å²) >= 11 is 0. The molecule has 1 amide bonds. The molecule has 87 valence electrons. The topological polar surface area (TPSA) is 47.6 Å². The Hall–Kier alpha value is -1.71. The molecule has 1 radical (unpaired) electrons. The van der Waals surface area contributed by atoms with Crippen LogP contribution in [0.15, 0.2) is 24.3 Å². The second kappa shape index (κ2) is 4.88. The Morgan fingerprint density at radius 1 is 1.25 bits per heavy atom. The molecule has 1 N–H and O–H groups in total. The van der Waals surface area contributed by atoms with E-state index in [9.17, 15) is 4.79 Å². The van der Waals surface area contributed by atoms with Crippen LogP contribution in [-0.2, 0) is 4.74 Å². The maximum absolute atomic E-state index is 10.9. The third-order valence-corrected chi connectivity index (χ3v) is 1.66. The van der Waals surface area contributed by atoms with Gasteiger partial charge in [-0.1, -0.05) is 0 Å². The van der Waals surface area contributed by atoms with Gasteiger partial charge in [0, 0.05) is 5.69 Å². The molecule has 0 aromatic heterocycles. The smallest absolute Gasteiger partial charge is 0.411 e. The quantitative estimate of drug-likeness (QED) is 0.835. The van der Waals surface area contributed by atoms with E-state index in [1.807, 2.05) is 20.8 Å². The predicted molar refractivity (Wildman–Crippen MR) is 62.3 cm³/mol. The van der Waals surface area contributed by atoms with E-state index < -0.39 is 6.09 Å². The molecule has 1 aromatic carbocycles. The first-order chi connectivity index (χ1) is 7.40. The van der Waals surface area contributed by atoms with E-state index in [0.29, 0.717) is 5.69 Å². The Balaban J connectivity index is 2.64. The van der Waals surface area contributed by atoms with Crippen molar-refractivity contribution >= 4 is 11.8 Å². The highest BCUT2D eigenvalue weighted by molar-refractivity contribution is 5.84. The molecule has 0 spiro atoms. The van der Waals surface area contributed by atoms with Gasteiger partial charge in [0.05, 0.1) is 0 Å². The molecule has 16 heavy (non-hydrogen) atoms. The molecule has 4 heteroatoms. The minimum absolute atomic E-state index is 0.235. The molecule has 0 unspecified atom stereocenters. The van der Waals surface area contributed by atoms with Crippen LogP contribution in [0.1, 0.15) is 20.8 Å². The molecule has 4 nitrogen and oxygen atoms in total. The van der Waals surface area contributed by atoms with Crippen molar-refractivity contribution in [3.63, 3.8) is 0 Å². The van der Waals surface area contributed by atoms with Gasteiger partial charge < -0.3 is 9.47 Å². The van der Waals surface area contributed by atoms with Crippen LogP contribution in [0.5, 0.6) is 5.75 Å². The maximum atomic E-state index is 10.9. The van der Waals surface area contributed by atoms with Crippen LogP contribution in [0.25, 0.3) is 0 Å². The van der Waals surface area contributed by atoms with Crippen LogP contribution in [0, 0.1) is 7.11 Å². The molecule has 0 aliphatic heterocycles. The van der Waals surface area contributed by atoms with Gasteiger partial charge in [-0.2, -0.15) is 0 Å². The van der Waals surface area contributed by atoms with E-state index in [-0.39, 0.29) is 5.60 Å². The third-order valence-electron chi connectivity index (χ3n) is 1.66. The Kier molecular flexibility index (Phi) is 3.77. The van der Waals surface area contributed by atoms with Crippen molar-refractivity contribution in [1.82, 2.24) is 0 Å². The molecule has 0 bridgehead atoms. The summed E-state index contributed by atoms with van der Waals surface area (Å²) in [5.74, 6) is 0.751. The normalized spacial score (nSPS) is 10.8. The summed E-state index contributed by atoms with van der Waals surface area (Å²) in [5, 5.41) is 2.50. The fraction of sp³-hybridized carbons (Fsp3) is 0.333. The lowest BCUT2D eigenvalue weighted by atomic mass is 10.2. The number of ether oxygens (including phenoxy) is 2. The summed E-state index contributed by atoms with van der Waals surface area (Å²) in [5.41, 5.74) is 0.399. The predicted octanol–water partition coefficient (Wildman–Crippen LogP) is 3.20. The highest BCUT2D eigenvalue weighted by Crippen LogP contribution is 2.20. The number of amides is 1. The van der Waals surface area contributed by atoms with Crippen molar-refractivity contribution in [1.29, 1.82) is 0 Å². The van der Waals surface area contributed by atoms with Crippen LogP contribution in [-0.4, -0.2) is 11.7 Å². The number of hydrogen-bond acceptors (Lipinski definition) is 3. The van der Waals surface area contributed by atoms with E-state index in [0.717, 1.165) is 5.75 Å². The molecule has 0 heterocycles. The zero-order valence-corrected chi connectivity index (χ0v) is 9.74. The standard InChI is InChI=1S/C12H16NO3/c1-12(2,3)16-10-7-5-9(6-8-10)13-11(14)15-4/h5-8H,4H2,1-3H3,(H,13,14). The fourth-order valence-corrected chi connectivity index (χ4v) is 1.11. The van der Waals surface area contributed by atoms with E-state index >= 15 is 0 Å². The molecule has 0 saturated carbocycles. The van der Waals surface area contributed by atoms with Crippen LogP contribution in [0.3, 0.4) is 0 Å². The molecule has 0 aliphatic rings. The number of anilines is 1. The summed E-state index contributed by atoms with van der Waals surface area (Å²) < 4.78 is 9.87. The van der Waals surface area contributed by atoms with Gasteiger partial charge in [0.1, 0.15) is 18.5 Å². The summed E-state index contributed by atoms with van der Waals surface area (Å²) in [4.78, 5) is 10.9. The lowest BCUT2D eigenvalue weighted by Crippen LogP contribution is -2.22. The van der Waals surface area contributed by atoms with Crippen molar-refractivity contribution in [2.45, 2.75) is 26.4 Å². The maximum Gasteiger partial charge on any atom is 0.411 e. The monoisotopic (exact) mass is 222 g/mol. The van der Waals surface area contributed by atoms with Gasteiger partial charge in [0.25, 0.3) is 0 Å². The molecule has 0 atom stereocenters. The number of carbonyl (C=O) groups excluding carboxylic acids is 1. The lowest BCUT2D eigenvalue weighted by Gasteiger charge is -2.21. The van der Waals surface area contributed by atoms with Crippen molar-refractivity contribution in [3.8, 4) is 5.75 Å². The molecule has 0 fully saturated rings. The zero-order valence-electron chi connectivity index (χ0n) is 9.74. The minimum Gasteiger partial charge on any atom is -0.488 e. The highest BCUT2D eigenvalue weighted by atomic mass is 16.5. The van der Waals surface area contributed by atoms with Gasteiger partial charge >= 0.3 is 6.09 Å². The van der Waals surface area contributed by atoms with Gasteiger partial charge in [-0.25, -0.2) is 4.79 Å². The average molecular weight is 222 g/mol. The largest absolute Gasteiger partial charge is 0.488 e. The van der Waals surface area contributed by atoms with E-state index in [1.54, 1.807) is 24.3 Å². The first-order valence-corrected chi connectivity index (χ1v) is 4.93. The molecule has 0 saturated heterocycles. The summed E-state index contributed by atoms with van der Waals surface area (Å²) in [6.45, 7) is 5.91. The summed E-state index contributed by atoms with van der Waals surface area (Å²) in [6, 6.07) is 7.03. The van der Waals surface area contributed by atoms with Crippen molar-refractivity contribution in [2.24, 2.45) is 0 Å². The second-order valence-electron chi connectivity index (χ2n) is 4.30. The Labute approximate surface area is 95.6 Å². The number of benzene rings is 1. The average Bonchev–Trinajstić information content (AvgIpc) is 2.18. The van der Waals surface area contributed by atoms with Gasteiger partial charge in [-0.05, 0) is 45.0 Å². The summed E-state index contributed by atoms with van der Waals surface area (Å²) in [7, 11) is 3.01. The zero-order chi connectivity index (χ0) is 12.2. The number of nitrogens with one attached hydrogen (secondary N) is 1. The van der Waals surface area contributed by atoms with Gasteiger partial charge in [-0.3, -0.25) is 5.32 Å². The SMILES string of the molecule is [CH2]OC(=O)Nc1ccc(OC(C)(C)C)cc1. The Morgan fingerprint density at radius 3 is 2.25 bits per heavy atom.